The minimum absolute atomic E-state index is 0.104. The van der Waals surface area contributed by atoms with Gasteiger partial charge in [0.15, 0.2) is 11.7 Å². The van der Waals surface area contributed by atoms with Gasteiger partial charge in [0.25, 0.3) is 0 Å². The van der Waals surface area contributed by atoms with Gasteiger partial charge in [-0.05, 0) is 11.1 Å². The molecule has 0 aliphatic heterocycles. The van der Waals surface area contributed by atoms with E-state index >= 15 is 0 Å². The molecule has 2 N–H and O–H groups in total. The topological polar surface area (TPSA) is 49.3 Å². The molecule has 0 atom stereocenters. The molecule has 152 valence electrons. The predicted octanol–water partition coefficient (Wildman–Crippen LogP) is 4.66. The molecule has 1 heterocycles. The van der Waals surface area contributed by atoms with Gasteiger partial charge in [-0.1, -0.05) is 60.7 Å². The van der Waals surface area contributed by atoms with E-state index in [2.05, 4.69) is 44.9 Å². The monoisotopic (exact) mass is 418 g/mol. The fourth-order valence-electron chi connectivity index (χ4n) is 2.90. The summed E-state index contributed by atoms with van der Waals surface area (Å²) < 4.78 is 38.1. The van der Waals surface area contributed by atoms with Crippen LogP contribution in [0.5, 0.6) is 0 Å². The molecule has 0 aliphatic carbocycles. The van der Waals surface area contributed by atoms with Crippen LogP contribution in [0, 0.1) is 0 Å². The number of nitrogens with one attached hydrogen (secondary N) is 2. The first-order valence-electron chi connectivity index (χ1n) is 9.03. The number of rotatable bonds is 6. The van der Waals surface area contributed by atoms with Gasteiger partial charge < -0.3 is 10.6 Å². The third-order valence-corrected chi connectivity index (χ3v) is 5.20. The lowest BCUT2D eigenvalue weighted by Crippen LogP contribution is -2.39. The maximum atomic E-state index is 12.7. The number of thiazole rings is 1. The summed E-state index contributed by atoms with van der Waals surface area (Å²) in [6.45, 7) is 0.751. The van der Waals surface area contributed by atoms with Crippen LogP contribution in [0.15, 0.2) is 71.0 Å². The molecule has 8 heteroatoms. The number of benzene rings is 2. The van der Waals surface area contributed by atoms with Crippen molar-refractivity contribution >= 4 is 17.3 Å². The molecule has 4 nitrogen and oxygen atoms in total. The van der Waals surface area contributed by atoms with E-state index in [1.807, 2.05) is 36.4 Å². The maximum Gasteiger partial charge on any atom is 0.434 e. The van der Waals surface area contributed by atoms with E-state index in [0.717, 1.165) is 27.8 Å². The van der Waals surface area contributed by atoms with Crippen molar-refractivity contribution in [1.82, 2.24) is 15.6 Å². The second kappa shape index (κ2) is 9.56. The summed E-state index contributed by atoms with van der Waals surface area (Å²) in [5.74, 6) is 0.610. The van der Waals surface area contributed by atoms with E-state index in [9.17, 15) is 13.2 Å². The molecule has 0 bridgehead atoms. The Bertz CT molecular complexity index is 884. The third-order valence-electron chi connectivity index (χ3n) is 4.35. The van der Waals surface area contributed by atoms with E-state index in [4.69, 9.17) is 0 Å². The molecule has 0 radical (unpaired) electrons. The average molecular weight is 418 g/mol. The Kier molecular flexibility index (Phi) is 6.87. The quantitative estimate of drug-likeness (QED) is 0.452. The van der Waals surface area contributed by atoms with Gasteiger partial charge in [-0.25, -0.2) is 4.98 Å². The number of guanidine groups is 1. The van der Waals surface area contributed by atoms with Gasteiger partial charge >= 0.3 is 6.18 Å². The minimum atomic E-state index is -4.42. The van der Waals surface area contributed by atoms with Crippen molar-refractivity contribution in [3.63, 3.8) is 0 Å². The molecule has 3 aromatic rings. The van der Waals surface area contributed by atoms with Crippen molar-refractivity contribution < 1.29 is 13.2 Å². The van der Waals surface area contributed by atoms with E-state index in [1.54, 1.807) is 7.05 Å². The third kappa shape index (κ3) is 5.80. The Hall–Kier alpha value is -2.87. The SMILES string of the molecule is CN=C(NCc1nc(C(F)(F)F)cs1)NCC(c1ccccc1)c1ccccc1. The van der Waals surface area contributed by atoms with Gasteiger partial charge in [0.2, 0.25) is 0 Å². The van der Waals surface area contributed by atoms with Crippen LogP contribution in [0.4, 0.5) is 13.2 Å². The number of aromatic nitrogens is 1. The Balaban J connectivity index is 1.64. The van der Waals surface area contributed by atoms with E-state index < -0.39 is 11.9 Å². The summed E-state index contributed by atoms with van der Waals surface area (Å²) >= 11 is 0.971. The van der Waals surface area contributed by atoms with Crippen LogP contribution < -0.4 is 10.6 Å². The van der Waals surface area contributed by atoms with Crippen LogP contribution in [-0.4, -0.2) is 24.5 Å². The molecule has 0 fully saturated rings. The first kappa shape index (κ1) is 20.9. The van der Waals surface area contributed by atoms with Gasteiger partial charge in [0, 0.05) is 24.9 Å². The highest BCUT2D eigenvalue weighted by Crippen LogP contribution is 2.30. The standard InChI is InChI=1S/C21H21F3N4S/c1-25-20(27-13-19-28-18(14-29-19)21(22,23)24)26-12-17(15-8-4-2-5-9-15)16-10-6-3-7-11-16/h2-11,14,17H,12-13H2,1H3,(H2,25,26,27). The highest BCUT2D eigenvalue weighted by Gasteiger charge is 2.33. The normalized spacial score (nSPS) is 12.2. The highest BCUT2D eigenvalue weighted by molar-refractivity contribution is 7.09. The maximum absolute atomic E-state index is 12.7. The van der Waals surface area contributed by atoms with Crippen molar-refractivity contribution in [1.29, 1.82) is 0 Å². The molecule has 0 amide bonds. The second-order valence-electron chi connectivity index (χ2n) is 6.30. The summed E-state index contributed by atoms with van der Waals surface area (Å²) in [6, 6.07) is 20.2. The molecule has 0 aliphatic rings. The first-order valence-corrected chi connectivity index (χ1v) is 9.91. The summed E-state index contributed by atoms with van der Waals surface area (Å²) in [7, 11) is 1.62. The van der Waals surface area contributed by atoms with Gasteiger partial charge in [0.05, 0.1) is 6.54 Å². The van der Waals surface area contributed by atoms with Crippen molar-refractivity contribution in [2.24, 2.45) is 4.99 Å². The zero-order valence-corrected chi connectivity index (χ0v) is 16.6. The zero-order valence-electron chi connectivity index (χ0n) is 15.8. The molecule has 1 aromatic heterocycles. The number of hydrogen-bond acceptors (Lipinski definition) is 3. The molecule has 0 spiro atoms. The van der Waals surface area contributed by atoms with Crippen molar-refractivity contribution in [2.45, 2.75) is 18.6 Å². The Morgan fingerprint density at radius 1 is 1.00 bits per heavy atom. The van der Waals surface area contributed by atoms with Gasteiger partial charge in [-0.2, -0.15) is 13.2 Å². The van der Waals surface area contributed by atoms with E-state index in [-0.39, 0.29) is 12.5 Å². The Morgan fingerprint density at radius 2 is 1.59 bits per heavy atom. The minimum Gasteiger partial charge on any atom is -0.355 e. The molecule has 2 aromatic carbocycles. The van der Waals surface area contributed by atoms with E-state index in [0.29, 0.717) is 17.5 Å². The summed E-state index contributed by atoms with van der Waals surface area (Å²) in [4.78, 5) is 7.79. The second-order valence-corrected chi connectivity index (χ2v) is 7.25. The fraction of sp³-hybridized carbons (Fsp3) is 0.238. The Labute approximate surface area is 171 Å². The van der Waals surface area contributed by atoms with E-state index in [1.165, 1.54) is 0 Å². The van der Waals surface area contributed by atoms with Crippen LogP contribution in [0.2, 0.25) is 0 Å². The largest absolute Gasteiger partial charge is 0.434 e. The lowest BCUT2D eigenvalue weighted by Gasteiger charge is -2.20. The van der Waals surface area contributed by atoms with Crippen LogP contribution in [0.25, 0.3) is 0 Å². The molecule has 0 unspecified atom stereocenters. The van der Waals surface area contributed by atoms with Crippen molar-refractivity contribution in [3.05, 3.63) is 87.9 Å². The highest BCUT2D eigenvalue weighted by atomic mass is 32.1. The number of aliphatic imine (C=N–C) groups is 1. The van der Waals surface area contributed by atoms with Crippen molar-refractivity contribution in [2.75, 3.05) is 13.6 Å². The lowest BCUT2D eigenvalue weighted by molar-refractivity contribution is -0.140. The predicted molar refractivity (Wildman–Crippen MR) is 110 cm³/mol. The lowest BCUT2D eigenvalue weighted by atomic mass is 9.91. The molecule has 29 heavy (non-hydrogen) atoms. The fourth-order valence-corrected chi connectivity index (χ4v) is 3.64. The number of alkyl halides is 3. The van der Waals surface area contributed by atoms with Gasteiger partial charge in [-0.3, -0.25) is 4.99 Å². The van der Waals surface area contributed by atoms with Gasteiger partial charge in [0.1, 0.15) is 5.01 Å². The molecular formula is C21H21F3N4S. The van der Waals surface area contributed by atoms with Gasteiger partial charge in [-0.15, -0.1) is 11.3 Å². The Morgan fingerprint density at radius 3 is 2.07 bits per heavy atom. The summed E-state index contributed by atoms with van der Waals surface area (Å²) in [5, 5.41) is 7.67. The number of hydrogen-bond donors (Lipinski definition) is 2. The van der Waals surface area contributed by atoms with Crippen LogP contribution >= 0.6 is 11.3 Å². The van der Waals surface area contributed by atoms with Crippen molar-refractivity contribution in [3.8, 4) is 0 Å². The zero-order chi connectivity index (χ0) is 20.7. The first-order chi connectivity index (χ1) is 14.0. The van der Waals surface area contributed by atoms with Crippen LogP contribution in [0.3, 0.4) is 0 Å². The molecular weight excluding hydrogens is 397 g/mol. The van der Waals surface area contributed by atoms with Crippen LogP contribution in [-0.2, 0) is 12.7 Å². The smallest absolute Gasteiger partial charge is 0.355 e. The van der Waals surface area contributed by atoms with Crippen LogP contribution in [0.1, 0.15) is 27.7 Å². The molecule has 0 saturated heterocycles. The average Bonchev–Trinajstić information content (AvgIpc) is 3.22. The summed E-state index contributed by atoms with van der Waals surface area (Å²) in [5.41, 5.74) is 1.46. The number of halogens is 3. The molecule has 0 saturated carbocycles. The molecule has 3 rings (SSSR count). The summed E-state index contributed by atoms with van der Waals surface area (Å²) in [6.07, 6.45) is -4.42. The number of nitrogens with zero attached hydrogens (tertiary/aromatic N) is 2.